The average Bonchev–Trinajstić information content (AvgIpc) is 3.55. The van der Waals surface area contributed by atoms with Crippen LogP contribution in [0.5, 0.6) is 5.75 Å². The van der Waals surface area contributed by atoms with Crippen molar-refractivity contribution in [3.05, 3.63) is 81.4 Å². The van der Waals surface area contributed by atoms with E-state index in [-0.39, 0.29) is 42.9 Å². The number of carbonyl (C=O) groups is 3. The summed E-state index contributed by atoms with van der Waals surface area (Å²) in [6.45, 7) is 0.520. The summed E-state index contributed by atoms with van der Waals surface area (Å²) in [4.78, 5) is 47.3. The summed E-state index contributed by atoms with van der Waals surface area (Å²) in [6.07, 6.45) is 1.34. The lowest BCUT2D eigenvalue weighted by atomic mass is 9.77. The van der Waals surface area contributed by atoms with Crippen LogP contribution in [0.2, 0.25) is 5.02 Å². The molecule has 0 radical (unpaired) electrons. The summed E-state index contributed by atoms with van der Waals surface area (Å²) >= 11 is 6.69. The third kappa shape index (κ3) is 5.42. The molecule has 3 atom stereocenters. The Bertz CT molecular complexity index is 1610. The molecule has 44 heavy (non-hydrogen) atoms. The van der Waals surface area contributed by atoms with Gasteiger partial charge in [-0.2, -0.15) is 0 Å². The minimum atomic E-state index is -2.75. The Labute approximate surface area is 258 Å². The van der Waals surface area contributed by atoms with Crippen LogP contribution < -0.4 is 4.74 Å². The second-order valence-corrected chi connectivity index (χ2v) is 12.1. The first kappa shape index (κ1) is 30.1. The molecule has 1 aliphatic carbocycles. The molecule has 232 valence electrons. The van der Waals surface area contributed by atoms with Crippen LogP contribution in [0.1, 0.15) is 76.6 Å². The van der Waals surface area contributed by atoms with Gasteiger partial charge in [0.05, 0.1) is 24.2 Å². The van der Waals surface area contributed by atoms with E-state index in [1.807, 2.05) is 12.1 Å². The molecule has 2 aromatic carbocycles. The molecule has 2 aliphatic heterocycles. The minimum Gasteiger partial charge on any atom is -0.487 e. The van der Waals surface area contributed by atoms with Crippen LogP contribution in [0.4, 0.5) is 8.78 Å². The number of imidazole rings is 1. The lowest BCUT2D eigenvalue weighted by Gasteiger charge is -2.43. The summed E-state index contributed by atoms with van der Waals surface area (Å²) in [5.41, 5.74) is 2.65. The summed E-state index contributed by atoms with van der Waals surface area (Å²) < 4.78 is 34.9. The topological polar surface area (TPSA) is 105 Å². The SMILES string of the molecule is Cn1cnc(COc2ccc(Cl)c3c2C(CN2Cc4ccccc4C2=O)N(C(=O)[C@@H]2CCCCC2C(=O)O)CC3)c1C(F)F. The van der Waals surface area contributed by atoms with E-state index < -0.39 is 30.3 Å². The lowest BCUT2D eigenvalue weighted by molar-refractivity contribution is -0.153. The highest BCUT2D eigenvalue weighted by atomic mass is 35.5. The predicted octanol–water partition coefficient (Wildman–Crippen LogP) is 5.56. The Hall–Kier alpha value is -3.99. The van der Waals surface area contributed by atoms with Crippen molar-refractivity contribution in [3.63, 3.8) is 0 Å². The summed E-state index contributed by atoms with van der Waals surface area (Å²) in [7, 11) is 1.49. The van der Waals surface area contributed by atoms with Gasteiger partial charge in [-0.25, -0.2) is 13.8 Å². The van der Waals surface area contributed by atoms with Gasteiger partial charge in [0, 0.05) is 42.8 Å². The van der Waals surface area contributed by atoms with E-state index >= 15 is 0 Å². The number of carbonyl (C=O) groups excluding carboxylic acids is 2. The number of carboxylic acids is 1. The number of hydrogen-bond donors (Lipinski definition) is 1. The Morgan fingerprint density at radius 2 is 1.89 bits per heavy atom. The molecule has 1 saturated carbocycles. The van der Waals surface area contributed by atoms with Crippen LogP contribution in [0.15, 0.2) is 42.7 Å². The molecular weight excluding hydrogens is 594 g/mol. The number of fused-ring (bicyclic) bond motifs is 2. The van der Waals surface area contributed by atoms with Crippen molar-refractivity contribution in [3.8, 4) is 5.75 Å². The number of aromatic nitrogens is 2. The minimum absolute atomic E-state index is 0.0863. The van der Waals surface area contributed by atoms with Crippen molar-refractivity contribution in [2.75, 3.05) is 13.1 Å². The summed E-state index contributed by atoms with van der Waals surface area (Å²) in [5.74, 6) is -2.56. The molecule has 9 nitrogen and oxygen atoms in total. The second-order valence-electron chi connectivity index (χ2n) is 11.7. The van der Waals surface area contributed by atoms with Crippen molar-refractivity contribution >= 4 is 29.4 Å². The smallest absolute Gasteiger partial charge is 0.307 e. The highest BCUT2D eigenvalue weighted by Gasteiger charge is 2.44. The molecule has 3 aliphatic rings. The molecule has 2 unspecified atom stereocenters. The molecule has 6 rings (SSSR count). The number of hydrogen-bond acceptors (Lipinski definition) is 5. The fourth-order valence-corrected chi connectivity index (χ4v) is 7.25. The van der Waals surface area contributed by atoms with Gasteiger partial charge >= 0.3 is 5.97 Å². The first-order valence-corrected chi connectivity index (χ1v) is 15.2. The predicted molar refractivity (Wildman–Crippen MR) is 156 cm³/mol. The Balaban J connectivity index is 1.39. The zero-order chi connectivity index (χ0) is 31.1. The van der Waals surface area contributed by atoms with Crippen molar-refractivity contribution in [2.24, 2.45) is 18.9 Å². The zero-order valence-electron chi connectivity index (χ0n) is 24.2. The van der Waals surface area contributed by atoms with E-state index in [1.54, 1.807) is 34.1 Å². The van der Waals surface area contributed by atoms with Crippen LogP contribution in [0.3, 0.4) is 0 Å². The number of ether oxygens (including phenoxy) is 1. The Morgan fingerprint density at radius 3 is 2.61 bits per heavy atom. The van der Waals surface area contributed by atoms with Crippen molar-refractivity contribution in [1.29, 1.82) is 0 Å². The molecule has 2 amide bonds. The molecule has 1 aromatic heterocycles. The van der Waals surface area contributed by atoms with Crippen LogP contribution in [-0.4, -0.2) is 55.3 Å². The normalized spacial score (nSPS) is 21.4. The maximum Gasteiger partial charge on any atom is 0.307 e. The average molecular weight is 627 g/mol. The third-order valence-electron chi connectivity index (χ3n) is 9.18. The molecule has 3 aromatic rings. The standard InChI is InChI=1S/C32H33ClF2N4O5/c1-37-17-36-24(28(37)29(34)35)16-44-26-11-10-23(33)22-12-13-39(31(41)20-8-4-5-9-21(20)32(42)43)25(27(22)26)15-38-14-18-6-2-3-7-19(18)30(38)40/h2-3,6-7,10-11,17,20-21,25,29H,4-5,8-9,12-16H2,1H3,(H,42,43)/t20-,21?,25?/m1/s1. The molecule has 0 spiro atoms. The fraction of sp³-hybridized carbons (Fsp3) is 0.438. The Morgan fingerprint density at radius 1 is 1.14 bits per heavy atom. The van der Waals surface area contributed by atoms with Gasteiger partial charge < -0.3 is 24.2 Å². The molecule has 1 N–H and O–H groups in total. The summed E-state index contributed by atoms with van der Waals surface area (Å²) in [6, 6.07) is 9.96. The van der Waals surface area contributed by atoms with Gasteiger partial charge in [0.2, 0.25) is 5.91 Å². The van der Waals surface area contributed by atoms with E-state index in [1.165, 1.54) is 17.9 Å². The van der Waals surface area contributed by atoms with Crippen LogP contribution in [-0.2, 0) is 36.2 Å². The molecule has 0 bridgehead atoms. The van der Waals surface area contributed by atoms with Crippen LogP contribution in [0, 0.1) is 11.8 Å². The number of rotatable bonds is 8. The number of benzene rings is 2. The Kier molecular flexibility index (Phi) is 8.32. The quantitative estimate of drug-likeness (QED) is 0.351. The van der Waals surface area contributed by atoms with E-state index in [4.69, 9.17) is 16.3 Å². The highest BCUT2D eigenvalue weighted by molar-refractivity contribution is 6.31. The number of aryl methyl sites for hydroxylation is 1. The highest BCUT2D eigenvalue weighted by Crippen LogP contribution is 2.44. The lowest BCUT2D eigenvalue weighted by Crippen LogP contribution is -2.50. The number of aliphatic carboxylic acids is 1. The largest absolute Gasteiger partial charge is 0.487 e. The molecule has 3 heterocycles. The molecule has 12 heteroatoms. The van der Waals surface area contributed by atoms with Gasteiger partial charge in [-0.1, -0.05) is 42.6 Å². The second kappa shape index (κ2) is 12.2. The maximum atomic E-state index is 14.2. The summed E-state index contributed by atoms with van der Waals surface area (Å²) in [5, 5.41) is 10.4. The first-order valence-electron chi connectivity index (χ1n) is 14.8. The van der Waals surface area contributed by atoms with Crippen molar-refractivity contribution < 1.29 is 33.0 Å². The van der Waals surface area contributed by atoms with Gasteiger partial charge in [0.25, 0.3) is 12.3 Å². The number of nitrogens with zero attached hydrogens (tertiary/aromatic N) is 4. The zero-order valence-corrected chi connectivity index (χ0v) is 25.0. The number of amides is 2. The number of alkyl halides is 2. The number of carboxylic acid groups (broad SMARTS) is 1. The van der Waals surface area contributed by atoms with Crippen molar-refractivity contribution in [1.82, 2.24) is 19.4 Å². The van der Waals surface area contributed by atoms with Gasteiger partial charge in [0.1, 0.15) is 23.7 Å². The van der Waals surface area contributed by atoms with Gasteiger partial charge in [-0.15, -0.1) is 0 Å². The van der Waals surface area contributed by atoms with E-state index in [0.29, 0.717) is 47.7 Å². The number of halogens is 3. The van der Waals surface area contributed by atoms with Gasteiger partial charge in [-0.3, -0.25) is 14.4 Å². The monoisotopic (exact) mass is 626 g/mol. The van der Waals surface area contributed by atoms with Crippen molar-refractivity contribution in [2.45, 2.75) is 57.7 Å². The molecule has 0 saturated heterocycles. The molecular formula is C32H33ClF2N4O5. The van der Waals surface area contributed by atoms with Gasteiger partial charge in [0.15, 0.2) is 0 Å². The third-order valence-corrected chi connectivity index (χ3v) is 9.53. The first-order chi connectivity index (χ1) is 21.2. The molecule has 1 fully saturated rings. The van der Waals surface area contributed by atoms with E-state index in [0.717, 1.165) is 24.0 Å². The van der Waals surface area contributed by atoms with E-state index in [2.05, 4.69) is 4.98 Å². The fourth-order valence-electron chi connectivity index (χ4n) is 6.99. The van der Waals surface area contributed by atoms with Crippen LogP contribution in [0.25, 0.3) is 0 Å². The maximum absolute atomic E-state index is 14.2. The van der Waals surface area contributed by atoms with Gasteiger partial charge in [-0.05, 0) is 48.6 Å². The van der Waals surface area contributed by atoms with E-state index in [9.17, 15) is 28.3 Å². The van der Waals surface area contributed by atoms with Crippen LogP contribution >= 0.6 is 11.6 Å².